The Hall–Kier alpha value is -1.94. The van der Waals surface area contributed by atoms with Gasteiger partial charge in [-0.1, -0.05) is 23.7 Å². The molecule has 2 nitrogen and oxygen atoms in total. The van der Waals surface area contributed by atoms with Crippen molar-refractivity contribution >= 4 is 17.4 Å². The van der Waals surface area contributed by atoms with Crippen molar-refractivity contribution in [1.82, 2.24) is 0 Å². The summed E-state index contributed by atoms with van der Waals surface area (Å²) in [6.45, 7) is -0.178. The van der Waals surface area contributed by atoms with Crippen LogP contribution >= 0.6 is 11.6 Å². The van der Waals surface area contributed by atoms with E-state index in [0.29, 0.717) is 5.56 Å². The summed E-state index contributed by atoms with van der Waals surface area (Å²) in [5.74, 6) is -0.756. The van der Waals surface area contributed by atoms with Gasteiger partial charge in [0, 0.05) is 6.42 Å². The summed E-state index contributed by atoms with van der Waals surface area (Å²) < 4.78 is 30.8. The molecule has 0 fully saturated rings. The van der Waals surface area contributed by atoms with Crippen LogP contribution in [0, 0.1) is 11.6 Å². The Labute approximate surface area is 119 Å². The number of benzene rings is 2. The molecule has 2 rings (SSSR count). The highest BCUT2D eigenvalue weighted by molar-refractivity contribution is 6.32. The molecular weight excluding hydrogens is 286 g/mol. The Balaban J connectivity index is 1.90. The second-order valence-electron chi connectivity index (χ2n) is 4.21. The Bertz CT molecular complexity index is 612. The quantitative estimate of drug-likeness (QED) is 0.838. The zero-order valence-corrected chi connectivity index (χ0v) is 11.2. The zero-order chi connectivity index (χ0) is 14.5. The molecule has 0 bridgehead atoms. The summed E-state index contributed by atoms with van der Waals surface area (Å²) in [5, 5.41) is 0.111. The molecule has 104 valence electrons. The van der Waals surface area contributed by atoms with Crippen LogP contribution < -0.4 is 4.74 Å². The van der Waals surface area contributed by atoms with Gasteiger partial charge in [-0.25, -0.2) is 8.78 Å². The summed E-state index contributed by atoms with van der Waals surface area (Å²) >= 11 is 5.77. The lowest BCUT2D eigenvalue weighted by Crippen LogP contribution is -2.14. The first-order valence-electron chi connectivity index (χ1n) is 5.88. The second kappa shape index (κ2) is 6.48. The topological polar surface area (TPSA) is 26.3 Å². The molecule has 0 spiro atoms. The monoisotopic (exact) mass is 296 g/mol. The minimum atomic E-state index is -0.472. The Morgan fingerprint density at radius 1 is 1.05 bits per heavy atom. The number of carbonyl (C=O) groups is 1. The van der Waals surface area contributed by atoms with Gasteiger partial charge < -0.3 is 4.74 Å². The molecule has 0 N–H and O–H groups in total. The van der Waals surface area contributed by atoms with Crippen LogP contribution in [0.5, 0.6) is 5.75 Å². The van der Waals surface area contributed by atoms with E-state index in [1.165, 1.54) is 36.4 Å². The number of carbonyl (C=O) groups excluding carboxylic acids is 1. The summed E-state index contributed by atoms with van der Waals surface area (Å²) in [6, 6.07) is 9.34. The first kappa shape index (κ1) is 14.5. The van der Waals surface area contributed by atoms with E-state index < -0.39 is 5.82 Å². The maximum Gasteiger partial charge on any atom is 0.174 e. The molecule has 0 heterocycles. The summed E-state index contributed by atoms with van der Waals surface area (Å²) in [5.41, 5.74) is 0.699. The average molecular weight is 297 g/mol. The van der Waals surface area contributed by atoms with Crippen molar-refractivity contribution in [3.63, 3.8) is 0 Å². The molecular formula is C15H11ClF2O2. The van der Waals surface area contributed by atoms with Crippen molar-refractivity contribution in [1.29, 1.82) is 0 Å². The van der Waals surface area contributed by atoms with Crippen LogP contribution in [0.4, 0.5) is 8.78 Å². The van der Waals surface area contributed by atoms with Gasteiger partial charge >= 0.3 is 0 Å². The lowest BCUT2D eigenvalue weighted by molar-refractivity contribution is -0.120. The molecule has 0 aliphatic carbocycles. The Morgan fingerprint density at radius 3 is 2.35 bits per heavy atom. The molecule has 2 aromatic carbocycles. The van der Waals surface area contributed by atoms with Gasteiger partial charge in [0.2, 0.25) is 0 Å². The first-order valence-corrected chi connectivity index (χ1v) is 6.26. The fraction of sp³-hybridized carbons (Fsp3) is 0.133. The predicted octanol–water partition coefficient (Wildman–Crippen LogP) is 3.81. The van der Waals surface area contributed by atoms with Gasteiger partial charge in [0.15, 0.2) is 5.78 Å². The average Bonchev–Trinajstić information content (AvgIpc) is 2.40. The number of rotatable bonds is 5. The lowest BCUT2D eigenvalue weighted by atomic mass is 10.1. The summed E-state index contributed by atoms with van der Waals surface area (Å²) in [4.78, 5) is 11.7. The highest BCUT2D eigenvalue weighted by Crippen LogP contribution is 2.24. The van der Waals surface area contributed by atoms with Crippen molar-refractivity contribution in [2.75, 3.05) is 6.61 Å². The van der Waals surface area contributed by atoms with Gasteiger partial charge in [-0.15, -0.1) is 0 Å². The van der Waals surface area contributed by atoms with Crippen LogP contribution in [0.1, 0.15) is 5.56 Å². The molecule has 0 aliphatic rings. The van der Waals surface area contributed by atoms with E-state index in [4.69, 9.17) is 16.3 Å². The fourth-order valence-corrected chi connectivity index (χ4v) is 1.85. The maximum atomic E-state index is 12.8. The van der Waals surface area contributed by atoms with Crippen molar-refractivity contribution in [2.45, 2.75) is 6.42 Å². The lowest BCUT2D eigenvalue weighted by Gasteiger charge is -2.07. The van der Waals surface area contributed by atoms with E-state index in [-0.39, 0.29) is 35.4 Å². The molecule has 0 aromatic heterocycles. The zero-order valence-electron chi connectivity index (χ0n) is 10.4. The maximum absolute atomic E-state index is 12.8. The largest absolute Gasteiger partial charge is 0.484 e. The number of hydrogen-bond acceptors (Lipinski definition) is 2. The van der Waals surface area contributed by atoms with Gasteiger partial charge in [0.1, 0.15) is 24.0 Å². The van der Waals surface area contributed by atoms with E-state index in [0.717, 1.165) is 6.07 Å². The van der Waals surface area contributed by atoms with Crippen molar-refractivity contribution < 1.29 is 18.3 Å². The van der Waals surface area contributed by atoms with E-state index in [9.17, 15) is 13.6 Å². The molecule has 0 unspecified atom stereocenters. The number of Topliss-reactive ketones (excluding diaryl/α,β-unsaturated/α-hetero) is 1. The predicted molar refractivity (Wildman–Crippen MR) is 72.0 cm³/mol. The van der Waals surface area contributed by atoms with Crippen LogP contribution in [0.25, 0.3) is 0 Å². The van der Waals surface area contributed by atoms with E-state index in [2.05, 4.69) is 0 Å². The molecule has 0 saturated heterocycles. The van der Waals surface area contributed by atoms with E-state index in [1.807, 2.05) is 0 Å². The van der Waals surface area contributed by atoms with Crippen molar-refractivity contribution in [3.05, 3.63) is 64.7 Å². The van der Waals surface area contributed by atoms with E-state index >= 15 is 0 Å². The van der Waals surface area contributed by atoms with Gasteiger partial charge in [-0.2, -0.15) is 0 Å². The number of halogens is 3. The summed E-state index contributed by atoms with van der Waals surface area (Å²) in [6.07, 6.45) is 0.138. The molecule has 5 heteroatoms. The van der Waals surface area contributed by atoms with Crippen LogP contribution in [0.2, 0.25) is 5.02 Å². The van der Waals surface area contributed by atoms with Crippen LogP contribution in [-0.2, 0) is 11.2 Å². The second-order valence-corrected chi connectivity index (χ2v) is 4.61. The van der Waals surface area contributed by atoms with Crippen LogP contribution in [0.15, 0.2) is 42.5 Å². The molecule has 20 heavy (non-hydrogen) atoms. The number of hydrogen-bond donors (Lipinski definition) is 0. The molecule has 0 aliphatic heterocycles. The van der Waals surface area contributed by atoms with Crippen molar-refractivity contribution in [2.24, 2.45) is 0 Å². The number of ketones is 1. The highest BCUT2D eigenvalue weighted by Gasteiger charge is 2.08. The SMILES string of the molecule is O=C(COc1ccc(F)cc1Cl)Cc1ccc(F)cc1. The van der Waals surface area contributed by atoms with Gasteiger partial charge in [0.25, 0.3) is 0 Å². The minimum Gasteiger partial charge on any atom is -0.484 e. The van der Waals surface area contributed by atoms with Crippen molar-refractivity contribution in [3.8, 4) is 5.75 Å². The molecule has 0 saturated carbocycles. The third kappa shape index (κ3) is 4.03. The molecule has 2 aromatic rings. The van der Waals surface area contributed by atoms with Gasteiger partial charge in [0.05, 0.1) is 5.02 Å². The fourth-order valence-electron chi connectivity index (χ4n) is 1.63. The van der Waals surface area contributed by atoms with Crippen LogP contribution in [0.3, 0.4) is 0 Å². The minimum absolute atomic E-state index is 0.111. The normalized spacial score (nSPS) is 10.3. The number of ether oxygens (including phenoxy) is 1. The van der Waals surface area contributed by atoms with E-state index in [1.54, 1.807) is 0 Å². The Kier molecular flexibility index (Phi) is 4.69. The molecule has 0 radical (unpaired) electrons. The van der Waals surface area contributed by atoms with Gasteiger partial charge in [-0.05, 0) is 35.9 Å². The van der Waals surface area contributed by atoms with Crippen LogP contribution in [-0.4, -0.2) is 12.4 Å². The molecule has 0 atom stereocenters. The molecule has 0 amide bonds. The highest BCUT2D eigenvalue weighted by atomic mass is 35.5. The third-order valence-corrected chi connectivity index (χ3v) is 2.89. The summed E-state index contributed by atoms with van der Waals surface area (Å²) in [7, 11) is 0. The standard InChI is InChI=1S/C15H11ClF2O2/c16-14-8-12(18)5-6-15(14)20-9-13(19)7-10-1-3-11(17)4-2-10/h1-6,8H,7,9H2. The first-order chi connectivity index (χ1) is 9.54. The van der Waals surface area contributed by atoms with Gasteiger partial charge in [-0.3, -0.25) is 4.79 Å². The smallest absolute Gasteiger partial charge is 0.174 e. The Morgan fingerprint density at radius 2 is 1.70 bits per heavy atom. The third-order valence-electron chi connectivity index (χ3n) is 2.60.